The Hall–Kier alpha value is -1.55. The van der Waals surface area contributed by atoms with Crippen molar-refractivity contribution in [2.45, 2.75) is 25.9 Å². The van der Waals surface area contributed by atoms with Crippen LogP contribution in [0, 0.1) is 0 Å². The molecule has 1 unspecified atom stereocenters. The van der Waals surface area contributed by atoms with Crippen LogP contribution in [0.25, 0.3) is 0 Å². The van der Waals surface area contributed by atoms with Crippen molar-refractivity contribution in [3.63, 3.8) is 0 Å². The first-order chi connectivity index (χ1) is 7.69. The van der Waals surface area contributed by atoms with E-state index in [-0.39, 0.29) is 0 Å². The maximum Gasteiger partial charge on any atom is 0.133 e. The molecule has 1 N–H and O–H groups in total. The average molecular weight is 220 g/mol. The van der Waals surface area contributed by atoms with Gasteiger partial charge in [0.15, 0.2) is 0 Å². The summed E-state index contributed by atoms with van der Waals surface area (Å²) in [5.74, 6) is 1.51. The van der Waals surface area contributed by atoms with E-state index < -0.39 is 6.10 Å². The SMILES string of the molecule is CCc1ccc(C(O)Cc2ccn(C)n2)o1. The highest BCUT2D eigenvalue weighted by atomic mass is 16.4. The standard InChI is InChI=1S/C12H16N2O2/c1-3-10-4-5-12(16-10)11(15)8-9-6-7-14(2)13-9/h4-7,11,15H,3,8H2,1-2H3. The molecule has 4 heteroatoms. The van der Waals surface area contributed by atoms with Gasteiger partial charge >= 0.3 is 0 Å². The smallest absolute Gasteiger partial charge is 0.133 e. The van der Waals surface area contributed by atoms with Crippen molar-refractivity contribution in [1.82, 2.24) is 9.78 Å². The van der Waals surface area contributed by atoms with Gasteiger partial charge < -0.3 is 9.52 Å². The summed E-state index contributed by atoms with van der Waals surface area (Å²) in [6.07, 6.45) is 2.57. The van der Waals surface area contributed by atoms with Crippen molar-refractivity contribution in [2.75, 3.05) is 0 Å². The Morgan fingerprint density at radius 1 is 1.44 bits per heavy atom. The van der Waals surface area contributed by atoms with Crippen LogP contribution in [-0.2, 0) is 19.9 Å². The van der Waals surface area contributed by atoms with Gasteiger partial charge in [-0.1, -0.05) is 6.92 Å². The molecule has 0 amide bonds. The monoisotopic (exact) mass is 220 g/mol. The summed E-state index contributed by atoms with van der Waals surface area (Å²) in [4.78, 5) is 0. The Balaban J connectivity index is 2.05. The molecule has 0 saturated heterocycles. The zero-order valence-electron chi connectivity index (χ0n) is 9.55. The summed E-state index contributed by atoms with van der Waals surface area (Å²) in [7, 11) is 1.86. The summed E-state index contributed by atoms with van der Waals surface area (Å²) < 4.78 is 7.21. The first-order valence-electron chi connectivity index (χ1n) is 5.44. The topological polar surface area (TPSA) is 51.2 Å². The Bertz CT molecular complexity index is 459. The fourth-order valence-electron chi connectivity index (χ4n) is 1.63. The van der Waals surface area contributed by atoms with Crippen LogP contribution in [0.2, 0.25) is 0 Å². The number of nitrogens with zero attached hydrogens (tertiary/aromatic N) is 2. The van der Waals surface area contributed by atoms with Gasteiger partial charge in [-0.3, -0.25) is 4.68 Å². The molecule has 0 aromatic carbocycles. The zero-order chi connectivity index (χ0) is 11.5. The lowest BCUT2D eigenvalue weighted by atomic mass is 10.1. The van der Waals surface area contributed by atoms with Crippen LogP contribution in [0.15, 0.2) is 28.8 Å². The van der Waals surface area contributed by atoms with Gasteiger partial charge in [0, 0.05) is 26.1 Å². The van der Waals surface area contributed by atoms with E-state index in [0.717, 1.165) is 17.9 Å². The third kappa shape index (κ3) is 2.33. The van der Waals surface area contributed by atoms with E-state index in [1.54, 1.807) is 4.68 Å². The van der Waals surface area contributed by atoms with Crippen molar-refractivity contribution in [3.8, 4) is 0 Å². The highest BCUT2D eigenvalue weighted by Gasteiger charge is 2.14. The Morgan fingerprint density at radius 3 is 2.81 bits per heavy atom. The van der Waals surface area contributed by atoms with E-state index in [1.165, 1.54) is 0 Å². The van der Waals surface area contributed by atoms with Gasteiger partial charge in [0.05, 0.1) is 5.69 Å². The van der Waals surface area contributed by atoms with Crippen LogP contribution in [0.3, 0.4) is 0 Å². The van der Waals surface area contributed by atoms with E-state index >= 15 is 0 Å². The second-order valence-electron chi connectivity index (χ2n) is 3.86. The molecule has 2 rings (SSSR count). The lowest BCUT2D eigenvalue weighted by Gasteiger charge is -2.05. The highest BCUT2D eigenvalue weighted by molar-refractivity contribution is 5.12. The first-order valence-corrected chi connectivity index (χ1v) is 5.44. The van der Waals surface area contributed by atoms with E-state index in [2.05, 4.69) is 5.10 Å². The molecule has 4 nitrogen and oxygen atoms in total. The summed E-state index contributed by atoms with van der Waals surface area (Å²) in [5.41, 5.74) is 0.865. The third-order valence-corrected chi connectivity index (χ3v) is 2.53. The Kier molecular flexibility index (Phi) is 3.10. The molecule has 0 fully saturated rings. The first kappa shape index (κ1) is 11.0. The summed E-state index contributed by atoms with van der Waals surface area (Å²) in [5, 5.41) is 14.2. The molecule has 1 atom stereocenters. The van der Waals surface area contributed by atoms with Gasteiger partial charge in [0.25, 0.3) is 0 Å². The van der Waals surface area contributed by atoms with Gasteiger partial charge in [0.1, 0.15) is 17.6 Å². The number of aliphatic hydroxyl groups is 1. The minimum Gasteiger partial charge on any atom is -0.463 e. The van der Waals surface area contributed by atoms with Gasteiger partial charge in [-0.2, -0.15) is 5.10 Å². The molecule has 0 aliphatic heterocycles. The molecule has 0 bridgehead atoms. The van der Waals surface area contributed by atoms with Crippen LogP contribution in [0.4, 0.5) is 0 Å². The largest absolute Gasteiger partial charge is 0.463 e. The van der Waals surface area contributed by atoms with Crippen molar-refractivity contribution >= 4 is 0 Å². The molecular weight excluding hydrogens is 204 g/mol. The zero-order valence-corrected chi connectivity index (χ0v) is 9.55. The normalized spacial score (nSPS) is 12.9. The second kappa shape index (κ2) is 4.53. The molecular formula is C12H16N2O2. The molecule has 16 heavy (non-hydrogen) atoms. The van der Waals surface area contributed by atoms with E-state index in [1.807, 2.05) is 38.4 Å². The predicted molar refractivity (Wildman–Crippen MR) is 60.0 cm³/mol. The van der Waals surface area contributed by atoms with Crippen LogP contribution in [0.1, 0.15) is 30.2 Å². The van der Waals surface area contributed by atoms with Gasteiger partial charge in [-0.25, -0.2) is 0 Å². The van der Waals surface area contributed by atoms with E-state index in [9.17, 15) is 5.11 Å². The molecule has 0 aliphatic rings. The Morgan fingerprint density at radius 2 is 2.25 bits per heavy atom. The third-order valence-electron chi connectivity index (χ3n) is 2.53. The molecule has 2 heterocycles. The van der Waals surface area contributed by atoms with E-state index in [4.69, 9.17) is 4.42 Å². The van der Waals surface area contributed by atoms with Crippen molar-refractivity contribution in [2.24, 2.45) is 7.05 Å². The number of aliphatic hydroxyl groups excluding tert-OH is 1. The molecule has 86 valence electrons. The minimum atomic E-state index is -0.616. The van der Waals surface area contributed by atoms with Gasteiger partial charge in [-0.15, -0.1) is 0 Å². The van der Waals surface area contributed by atoms with Crippen molar-refractivity contribution in [1.29, 1.82) is 0 Å². The number of furan rings is 1. The van der Waals surface area contributed by atoms with Crippen LogP contribution in [0.5, 0.6) is 0 Å². The van der Waals surface area contributed by atoms with Crippen molar-refractivity contribution < 1.29 is 9.52 Å². The van der Waals surface area contributed by atoms with Gasteiger partial charge in [-0.05, 0) is 18.2 Å². The van der Waals surface area contributed by atoms with Crippen LogP contribution < -0.4 is 0 Å². The molecule has 0 radical (unpaired) electrons. The molecule has 0 saturated carbocycles. The van der Waals surface area contributed by atoms with Crippen LogP contribution in [-0.4, -0.2) is 14.9 Å². The molecule has 0 spiro atoms. The molecule has 2 aromatic heterocycles. The number of aromatic nitrogens is 2. The van der Waals surface area contributed by atoms with Gasteiger partial charge in [0.2, 0.25) is 0 Å². The Labute approximate surface area is 94.5 Å². The second-order valence-corrected chi connectivity index (χ2v) is 3.86. The lowest BCUT2D eigenvalue weighted by molar-refractivity contribution is 0.147. The van der Waals surface area contributed by atoms with Crippen LogP contribution >= 0.6 is 0 Å². The number of aryl methyl sites for hydroxylation is 2. The predicted octanol–water partition coefficient (Wildman–Crippen LogP) is 1.85. The summed E-state index contributed by atoms with van der Waals surface area (Å²) >= 11 is 0. The number of hydrogen-bond donors (Lipinski definition) is 1. The molecule has 2 aromatic rings. The number of hydrogen-bond acceptors (Lipinski definition) is 3. The quantitative estimate of drug-likeness (QED) is 0.855. The fourth-order valence-corrected chi connectivity index (χ4v) is 1.63. The number of rotatable bonds is 4. The van der Waals surface area contributed by atoms with Crippen molar-refractivity contribution in [3.05, 3.63) is 41.6 Å². The fraction of sp³-hybridized carbons (Fsp3) is 0.417. The minimum absolute atomic E-state index is 0.484. The maximum absolute atomic E-state index is 9.95. The summed E-state index contributed by atoms with van der Waals surface area (Å²) in [6.45, 7) is 2.02. The lowest BCUT2D eigenvalue weighted by Crippen LogP contribution is -2.01. The average Bonchev–Trinajstić information content (AvgIpc) is 2.87. The maximum atomic E-state index is 9.95. The summed E-state index contributed by atoms with van der Waals surface area (Å²) in [6, 6.07) is 5.62. The van der Waals surface area contributed by atoms with E-state index in [0.29, 0.717) is 12.2 Å². The molecule has 0 aliphatic carbocycles. The highest BCUT2D eigenvalue weighted by Crippen LogP contribution is 2.20.